The van der Waals surface area contributed by atoms with Gasteiger partial charge in [-0.05, 0) is 18.6 Å². The number of carbonyl (C=O) groups excluding carboxylic acids is 1. The molecule has 0 amide bonds. The van der Waals surface area contributed by atoms with E-state index in [2.05, 4.69) is 6.58 Å². The molecule has 2 nitrogen and oxygen atoms in total. The molecule has 0 aliphatic carbocycles. The molecule has 2 heteroatoms. The first-order valence-corrected chi connectivity index (χ1v) is 4.50. The average molecular weight is 190 g/mol. The molecule has 1 aromatic carbocycles. The quantitative estimate of drug-likeness (QED) is 0.541. The number of ether oxygens (including phenoxy) is 1. The summed E-state index contributed by atoms with van der Waals surface area (Å²) in [7, 11) is 0. The molecule has 0 N–H and O–H groups in total. The number of aryl methyl sites for hydroxylation is 1. The highest BCUT2D eigenvalue weighted by Crippen LogP contribution is 2.19. The van der Waals surface area contributed by atoms with Gasteiger partial charge in [0.1, 0.15) is 6.10 Å². The zero-order valence-corrected chi connectivity index (χ0v) is 8.49. The summed E-state index contributed by atoms with van der Waals surface area (Å²) in [5.41, 5.74) is 2.09. The molecule has 0 saturated heterocycles. The van der Waals surface area contributed by atoms with Crippen molar-refractivity contribution in [1.29, 1.82) is 0 Å². The Hall–Kier alpha value is -1.57. The van der Waals surface area contributed by atoms with E-state index < -0.39 is 0 Å². The topological polar surface area (TPSA) is 26.3 Å². The Morgan fingerprint density at radius 3 is 2.79 bits per heavy atom. The Balaban J connectivity index is 2.89. The van der Waals surface area contributed by atoms with Crippen molar-refractivity contribution in [2.75, 3.05) is 0 Å². The summed E-state index contributed by atoms with van der Waals surface area (Å²) in [6.45, 7) is 7.04. The summed E-state index contributed by atoms with van der Waals surface area (Å²) in [6, 6.07) is 7.83. The smallest absolute Gasteiger partial charge is 0.303 e. The number of carbonyl (C=O) groups is 1. The van der Waals surface area contributed by atoms with E-state index in [4.69, 9.17) is 4.74 Å². The van der Waals surface area contributed by atoms with Gasteiger partial charge in [0.15, 0.2) is 0 Å². The van der Waals surface area contributed by atoms with E-state index >= 15 is 0 Å². The van der Waals surface area contributed by atoms with Crippen molar-refractivity contribution >= 4 is 5.97 Å². The lowest BCUT2D eigenvalue weighted by Gasteiger charge is -2.13. The molecular formula is C12H14O2. The van der Waals surface area contributed by atoms with Crippen LogP contribution in [-0.4, -0.2) is 5.97 Å². The number of hydrogen-bond acceptors (Lipinski definition) is 2. The minimum Gasteiger partial charge on any atom is -0.453 e. The Labute approximate surface area is 84.2 Å². The zero-order chi connectivity index (χ0) is 10.6. The standard InChI is InChI=1S/C12H14O2/c1-4-12(14-10(3)13)11-7-5-6-9(2)8-11/h4-8,12H,1H2,2-3H3. The maximum Gasteiger partial charge on any atom is 0.303 e. The van der Waals surface area contributed by atoms with Gasteiger partial charge in [-0.15, -0.1) is 0 Å². The molecule has 0 aromatic heterocycles. The summed E-state index contributed by atoms with van der Waals surface area (Å²) in [5, 5.41) is 0. The molecule has 0 spiro atoms. The molecule has 74 valence electrons. The fraction of sp³-hybridized carbons (Fsp3) is 0.250. The molecule has 1 rings (SSSR count). The van der Waals surface area contributed by atoms with Crippen LogP contribution in [0, 0.1) is 6.92 Å². The highest BCUT2D eigenvalue weighted by Gasteiger charge is 2.09. The molecule has 1 atom stereocenters. The lowest BCUT2D eigenvalue weighted by molar-refractivity contribution is -0.144. The van der Waals surface area contributed by atoms with Crippen LogP contribution in [0.2, 0.25) is 0 Å². The predicted octanol–water partition coefficient (Wildman–Crippen LogP) is 2.79. The van der Waals surface area contributed by atoms with Crippen molar-refractivity contribution in [3.8, 4) is 0 Å². The van der Waals surface area contributed by atoms with Crippen LogP contribution in [0.4, 0.5) is 0 Å². The van der Waals surface area contributed by atoms with E-state index in [1.807, 2.05) is 31.2 Å². The van der Waals surface area contributed by atoms with Crippen molar-refractivity contribution in [3.63, 3.8) is 0 Å². The largest absolute Gasteiger partial charge is 0.453 e. The Morgan fingerprint density at radius 2 is 2.29 bits per heavy atom. The van der Waals surface area contributed by atoms with Gasteiger partial charge < -0.3 is 4.74 Å². The van der Waals surface area contributed by atoms with E-state index in [-0.39, 0.29) is 12.1 Å². The number of rotatable bonds is 3. The maximum atomic E-state index is 10.8. The van der Waals surface area contributed by atoms with E-state index in [1.165, 1.54) is 6.92 Å². The minimum absolute atomic E-state index is 0.295. The summed E-state index contributed by atoms with van der Waals surface area (Å²) in [6.07, 6.45) is 1.28. The second kappa shape index (κ2) is 4.61. The molecule has 0 fully saturated rings. The van der Waals surface area contributed by atoms with Gasteiger partial charge in [-0.25, -0.2) is 0 Å². The van der Waals surface area contributed by atoms with E-state index in [0.29, 0.717) is 0 Å². The average Bonchev–Trinajstić information content (AvgIpc) is 2.14. The number of hydrogen-bond donors (Lipinski definition) is 0. The summed E-state index contributed by atoms with van der Waals surface area (Å²) >= 11 is 0. The van der Waals surface area contributed by atoms with E-state index in [0.717, 1.165) is 11.1 Å². The van der Waals surface area contributed by atoms with Crippen LogP contribution in [0.1, 0.15) is 24.2 Å². The number of benzene rings is 1. The molecule has 0 aliphatic rings. The zero-order valence-electron chi connectivity index (χ0n) is 8.49. The lowest BCUT2D eigenvalue weighted by atomic mass is 10.1. The van der Waals surface area contributed by atoms with Crippen molar-refractivity contribution in [2.24, 2.45) is 0 Å². The first-order chi connectivity index (χ1) is 6.63. The van der Waals surface area contributed by atoms with Gasteiger partial charge in [0.25, 0.3) is 0 Å². The molecule has 14 heavy (non-hydrogen) atoms. The third-order valence-electron chi connectivity index (χ3n) is 1.88. The van der Waals surface area contributed by atoms with Crippen LogP contribution in [0.25, 0.3) is 0 Å². The first kappa shape index (κ1) is 10.5. The van der Waals surface area contributed by atoms with Crippen molar-refractivity contribution in [1.82, 2.24) is 0 Å². The molecule has 1 aromatic rings. The van der Waals surface area contributed by atoms with Crippen molar-refractivity contribution < 1.29 is 9.53 Å². The lowest BCUT2D eigenvalue weighted by Crippen LogP contribution is -2.05. The summed E-state index contributed by atoms with van der Waals surface area (Å²) in [4.78, 5) is 10.8. The van der Waals surface area contributed by atoms with Gasteiger partial charge in [0, 0.05) is 6.92 Å². The van der Waals surface area contributed by atoms with Gasteiger partial charge in [0.2, 0.25) is 0 Å². The molecule has 0 bridgehead atoms. The van der Waals surface area contributed by atoms with Crippen molar-refractivity contribution in [3.05, 3.63) is 48.0 Å². The highest BCUT2D eigenvalue weighted by atomic mass is 16.5. The Morgan fingerprint density at radius 1 is 1.57 bits per heavy atom. The predicted molar refractivity (Wildman–Crippen MR) is 55.9 cm³/mol. The van der Waals surface area contributed by atoms with Crippen LogP contribution in [0.5, 0.6) is 0 Å². The fourth-order valence-electron chi connectivity index (χ4n) is 1.28. The summed E-state index contributed by atoms with van der Waals surface area (Å²) < 4.78 is 5.08. The molecular weight excluding hydrogens is 176 g/mol. The van der Waals surface area contributed by atoms with Crippen molar-refractivity contribution in [2.45, 2.75) is 20.0 Å². The van der Waals surface area contributed by atoms with E-state index in [9.17, 15) is 4.79 Å². The summed E-state index contributed by atoms with van der Waals surface area (Å²) in [5.74, 6) is -0.295. The normalized spacial score (nSPS) is 11.9. The molecule has 1 unspecified atom stereocenters. The minimum atomic E-state index is -0.340. The molecule has 0 aliphatic heterocycles. The Bertz CT molecular complexity index is 342. The molecule has 0 radical (unpaired) electrons. The maximum absolute atomic E-state index is 10.8. The van der Waals surface area contributed by atoms with Crippen LogP contribution in [0.3, 0.4) is 0 Å². The van der Waals surface area contributed by atoms with Crippen LogP contribution in [-0.2, 0) is 9.53 Å². The first-order valence-electron chi connectivity index (χ1n) is 4.50. The van der Waals surface area contributed by atoms with Crippen LogP contribution in [0.15, 0.2) is 36.9 Å². The van der Waals surface area contributed by atoms with Crippen LogP contribution < -0.4 is 0 Å². The Kier molecular flexibility index (Phi) is 3.46. The SMILES string of the molecule is C=CC(OC(C)=O)c1cccc(C)c1. The van der Waals surface area contributed by atoms with Gasteiger partial charge in [-0.1, -0.05) is 36.4 Å². The second-order valence-corrected chi connectivity index (χ2v) is 3.18. The number of esters is 1. The third kappa shape index (κ3) is 2.73. The molecule has 0 saturated carbocycles. The monoisotopic (exact) mass is 190 g/mol. The fourth-order valence-corrected chi connectivity index (χ4v) is 1.28. The van der Waals surface area contributed by atoms with Crippen LogP contribution >= 0.6 is 0 Å². The van der Waals surface area contributed by atoms with Gasteiger partial charge in [-0.2, -0.15) is 0 Å². The molecule has 0 heterocycles. The van der Waals surface area contributed by atoms with E-state index in [1.54, 1.807) is 6.08 Å². The van der Waals surface area contributed by atoms with Gasteiger partial charge in [-0.3, -0.25) is 4.79 Å². The third-order valence-corrected chi connectivity index (χ3v) is 1.88. The highest BCUT2D eigenvalue weighted by molar-refractivity contribution is 5.66. The van der Waals surface area contributed by atoms with Gasteiger partial charge in [0.05, 0.1) is 0 Å². The van der Waals surface area contributed by atoms with Gasteiger partial charge >= 0.3 is 5.97 Å². The second-order valence-electron chi connectivity index (χ2n) is 3.18.